The average molecular weight is 258 g/mol. The van der Waals surface area contributed by atoms with E-state index in [2.05, 4.69) is 12.3 Å². The fourth-order valence-electron chi connectivity index (χ4n) is 2.21. The van der Waals surface area contributed by atoms with E-state index in [0.29, 0.717) is 6.04 Å². The quantitative estimate of drug-likeness (QED) is 0.283. The molecule has 0 aliphatic carbocycles. The molecule has 1 atom stereocenters. The van der Waals surface area contributed by atoms with E-state index < -0.39 is 0 Å². The summed E-state index contributed by atoms with van der Waals surface area (Å²) in [4.78, 5) is 0. The van der Waals surface area contributed by atoms with Gasteiger partial charge < -0.3 is 4.74 Å². The maximum Gasteiger partial charge on any atom is 0.0481 e. The molecule has 0 saturated heterocycles. The highest BCUT2D eigenvalue weighted by Crippen LogP contribution is 2.11. The Morgan fingerprint density at radius 3 is 2.06 bits per heavy atom. The predicted octanol–water partition coefficient (Wildman–Crippen LogP) is 3.78. The van der Waals surface area contributed by atoms with Gasteiger partial charge in [-0.15, -0.1) is 0 Å². The highest BCUT2D eigenvalue weighted by atomic mass is 16.5. The van der Waals surface area contributed by atoms with Crippen LogP contribution in [-0.4, -0.2) is 19.3 Å². The first-order valence-electron chi connectivity index (χ1n) is 7.89. The lowest BCUT2D eigenvalue weighted by atomic mass is 10.0. The molecular formula is C15H34N2O. The number of rotatable bonds is 14. The van der Waals surface area contributed by atoms with E-state index in [0.717, 1.165) is 19.6 Å². The zero-order valence-electron chi connectivity index (χ0n) is 12.5. The van der Waals surface area contributed by atoms with E-state index >= 15 is 0 Å². The summed E-state index contributed by atoms with van der Waals surface area (Å²) in [5.41, 5.74) is 2.90. The van der Waals surface area contributed by atoms with Gasteiger partial charge >= 0.3 is 0 Å². The summed E-state index contributed by atoms with van der Waals surface area (Å²) in [7, 11) is 0. The molecule has 0 spiro atoms. The van der Waals surface area contributed by atoms with E-state index in [4.69, 9.17) is 10.6 Å². The third-order valence-corrected chi connectivity index (χ3v) is 3.46. The van der Waals surface area contributed by atoms with Crippen molar-refractivity contribution in [2.45, 2.75) is 84.1 Å². The van der Waals surface area contributed by atoms with Crippen LogP contribution in [0.2, 0.25) is 0 Å². The lowest BCUT2D eigenvalue weighted by Gasteiger charge is -2.15. The third-order valence-electron chi connectivity index (χ3n) is 3.46. The number of hydrogen-bond acceptors (Lipinski definition) is 3. The van der Waals surface area contributed by atoms with E-state index in [9.17, 15) is 0 Å². The second kappa shape index (κ2) is 14.9. The Morgan fingerprint density at radius 2 is 1.50 bits per heavy atom. The number of unbranched alkanes of at least 4 members (excludes halogenated alkanes) is 7. The molecule has 0 aliphatic rings. The monoisotopic (exact) mass is 258 g/mol. The van der Waals surface area contributed by atoms with Gasteiger partial charge in [-0.2, -0.15) is 0 Å². The molecule has 0 aromatic rings. The average Bonchev–Trinajstić information content (AvgIpc) is 2.40. The van der Waals surface area contributed by atoms with Crippen LogP contribution < -0.4 is 11.3 Å². The minimum absolute atomic E-state index is 0.427. The van der Waals surface area contributed by atoms with Crippen molar-refractivity contribution >= 4 is 0 Å². The highest BCUT2D eigenvalue weighted by molar-refractivity contribution is 4.63. The predicted molar refractivity (Wildman–Crippen MR) is 79.4 cm³/mol. The van der Waals surface area contributed by atoms with Crippen LogP contribution in [0.15, 0.2) is 0 Å². The van der Waals surface area contributed by atoms with Crippen LogP contribution in [0.1, 0.15) is 78.1 Å². The smallest absolute Gasteiger partial charge is 0.0481 e. The van der Waals surface area contributed by atoms with Gasteiger partial charge in [0.2, 0.25) is 0 Å². The standard InChI is InChI=1S/C15H34N2O/c1-3-5-6-7-8-9-10-11-12-15(17-16)13-14-18-4-2/h15,17H,3-14,16H2,1-2H3. The van der Waals surface area contributed by atoms with Crippen LogP contribution >= 0.6 is 0 Å². The zero-order valence-corrected chi connectivity index (χ0v) is 12.5. The number of hydrazine groups is 1. The molecule has 18 heavy (non-hydrogen) atoms. The molecule has 3 nitrogen and oxygen atoms in total. The molecule has 3 N–H and O–H groups in total. The number of nitrogens with two attached hydrogens (primary N) is 1. The summed E-state index contributed by atoms with van der Waals surface area (Å²) in [6.07, 6.45) is 13.2. The topological polar surface area (TPSA) is 47.3 Å². The molecule has 0 heterocycles. The number of ether oxygens (including phenoxy) is 1. The fourth-order valence-corrected chi connectivity index (χ4v) is 2.21. The minimum Gasteiger partial charge on any atom is -0.382 e. The Hall–Kier alpha value is -0.120. The minimum atomic E-state index is 0.427. The van der Waals surface area contributed by atoms with Gasteiger partial charge in [0.15, 0.2) is 0 Å². The van der Waals surface area contributed by atoms with Crippen LogP contribution in [0, 0.1) is 0 Å². The van der Waals surface area contributed by atoms with Crippen molar-refractivity contribution in [1.29, 1.82) is 0 Å². The maximum atomic E-state index is 5.55. The van der Waals surface area contributed by atoms with Crippen molar-refractivity contribution < 1.29 is 4.74 Å². The van der Waals surface area contributed by atoms with Gasteiger partial charge in [0, 0.05) is 19.3 Å². The SMILES string of the molecule is CCCCCCCCCCC(CCOCC)NN. The highest BCUT2D eigenvalue weighted by Gasteiger charge is 2.05. The van der Waals surface area contributed by atoms with E-state index in [1.807, 2.05) is 6.92 Å². The lowest BCUT2D eigenvalue weighted by Crippen LogP contribution is -2.35. The Balaban J connectivity index is 3.23. The number of nitrogens with one attached hydrogen (secondary N) is 1. The lowest BCUT2D eigenvalue weighted by molar-refractivity contribution is 0.135. The molecule has 0 bridgehead atoms. The van der Waals surface area contributed by atoms with Gasteiger partial charge in [-0.05, 0) is 19.8 Å². The molecule has 0 saturated carbocycles. The summed E-state index contributed by atoms with van der Waals surface area (Å²) in [5.74, 6) is 5.55. The van der Waals surface area contributed by atoms with Crippen LogP contribution in [-0.2, 0) is 4.74 Å². The van der Waals surface area contributed by atoms with Crippen molar-refractivity contribution in [2.24, 2.45) is 5.84 Å². The van der Waals surface area contributed by atoms with Crippen molar-refractivity contribution in [2.75, 3.05) is 13.2 Å². The molecule has 1 unspecified atom stereocenters. The first-order chi connectivity index (χ1) is 8.85. The van der Waals surface area contributed by atoms with Gasteiger partial charge in [-0.25, -0.2) is 0 Å². The van der Waals surface area contributed by atoms with E-state index in [-0.39, 0.29) is 0 Å². The first-order valence-corrected chi connectivity index (χ1v) is 7.89. The first kappa shape index (κ1) is 17.9. The van der Waals surface area contributed by atoms with Crippen molar-refractivity contribution in [3.8, 4) is 0 Å². The van der Waals surface area contributed by atoms with Crippen LogP contribution in [0.25, 0.3) is 0 Å². The van der Waals surface area contributed by atoms with Gasteiger partial charge in [-0.1, -0.05) is 58.3 Å². The molecule has 0 fully saturated rings. The molecule has 0 rings (SSSR count). The van der Waals surface area contributed by atoms with Gasteiger partial charge in [0.1, 0.15) is 0 Å². The maximum absolute atomic E-state index is 5.55. The van der Waals surface area contributed by atoms with Crippen molar-refractivity contribution in [3.05, 3.63) is 0 Å². The van der Waals surface area contributed by atoms with E-state index in [1.165, 1.54) is 57.8 Å². The summed E-state index contributed by atoms with van der Waals surface area (Å²) in [6, 6.07) is 0.427. The second-order valence-corrected chi connectivity index (χ2v) is 5.11. The summed E-state index contributed by atoms with van der Waals surface area (Å²) < 4.78 is 5.35. The Kier molecular flexibility index (Phi) is 14.8. The molecule has 0 aromatic heterocycles. The third kappa shape index (κ3) is 12.3. The molecule has 0 radical (unpaired) electrons. The molecule has 0 aromatic carbocycles. The van der Waals surface area contributed by atoms with Crippen LogP contribution in [0.5, 0.6) is 0 Å². The largest absolute Gasteiger partial charge is 0.382 e. The normalized spacial score (nSPS) is 12.8. The van der Waals surface area contributed by atoms with Crippen molar-refractivity contribution in [3.63, 3.8) is 0 Å². The molecule has 110 valence electrons. The van der Waals surface area contributed by atoms with Crippen LogP contribution in [0.3, 0.4) is 0 Å². The van der Waals surface area contributed by atoms with E-state index in [1.54, 1.807) is 0 Å². The fraction of sp³-hybridized carbons (Fsp3) is 1.00. The zero-order chi connectivity index (χ0) is 13.5. The number of hydrogen-bond donors (Lipinski definition) is 2. The molecular weight excluding hydrogens is 224 g/mol. The molecule has 0 amide bonds. The summed E-state index contributed by atoms with van der Waals surface area (Å²) >= 11 is 0. The van der Waals surface area contributed by atoms with Gasteiger partial charge in [0.05, 0.1) is 0 Å². The van der Waals surface area contributed by atoms with Crippen molar-refractivity contribution in [1.82, 2.24) is 5.43 Å². The molecule has 0 aliphatic heterocycles. The second-order valence-electron chi connectivity index (χ2n) is 5.11. The Bertz CT molecular complexity index is 153. The molecule has 3 heteroatoms. The Morgan fingerprint density at radius 1 is 0.889 bits per heavy atom. The van der Waals surface area contributed by atoms with Crippen LogP contribution in [0.4, 0.5) is 0 Å². The summed E-state index contributed by atoms with van der Waals surface area (Å²) in [6.45, 7) is 5.92. The van der Waals surface area contributed by atoms with Gasteiger partial charge in [0.25, 0.3) is 0 Å². The van der Waals surface area contributed by atoms with Gasteiger partial charge in [-0.3, -0.25) is 11.3 Å². The summed E-state index contributed by atoms with van der Waals surface area (Å²) in [5, 5.41) is 0. The Labute approximate surface area is 114 Å².